The summed E-state index contributed by atoms with van der Waals surface area (Å²) in [7, 11) is 0. The first-order valence-electron chi connectivity index (χ1n) is 9.74. The zero-order valence-electron chi connectivity index (χ0n) is 16.7. The van der Waals surface area contributed by atoms with Crippen molar-refractivity contribution in [3.05, 3.63) is 106 Å². The van der Waals surface area contributed by atoms with Gasteiger partial charge >= 0.3 is 0 Å². The molecule has 3 aromatic carbocycles. The Morgan fingerprint density at radius 1 is 0.655 bits per heavy atom. The third-order valence-electron chi connectivity index (χ3n) is 4.61. The molecule has 29 heavy (non-hydrogen) atoms. The molecule has 0 aliphatic heterocycles. The Bertz CT molecular complexity index is 1120. The molecule has 144 valence electrons. The van der Waals surface area contributed by atoms with Gasteiger partial charge in [0.15, 0.2) is 0 Å². The monoisotopic (exact) mass is 384 g/mol. The molecule has 0 saturated heterocycles. The number of unbranched alkanes of at least 4 members (excludes halogenated alkanes) is 1. The zero-order valence-corrected chi connectivity index (χ0v) is 16.7. The van der Waals surface area contributed by atoms with Crippen LogP contribution in [0.3, 0.4) is 0 Å². The summed E-state index contributed by atoms with van der Waals surface area (Å²) in [5.74, 6) is 11.6. The smallest absolute Gasteiger partial charge is 0.127 e. The Balaban J connectivity index is 1.70. The van der Waals surface area contributed by atoms with Crippen LogP contribution in [0.4, 0.5) is 8.78 Å². The van der Waals surface area contributed by atoms with Crippen molar-refractivity contribution >= 4 is 0 Å². The molecule has 0 unspecified atom stereocenters. The minimum absolute atomic E-state index is 0.191. The second-order valence-electron chi connectivity index (χ2n) is 6.95. The molecule has 0 N–H and O–H groups in total. The second-order valence-corrected chi connectivity index (χ2v) is 6.95. The van der Waals surface area contributed by atoms with E-state index in [4.69, 9.17) is 0 Å². The summed E-state index contributed by atoms with van der Waals surface area (Å²) >= 11 is 0. The van der Waals surface area contributed by atoms with E-state index in [-0.39, 0.29) is 11.6 Å². The molecule has 0 amide bonds. The molecule has 0 bridgehead atoms. The van der Waals surface area contributed by atoms with E-state index in [0.717, 1.165) is 36.0 Å². The highest BCUT2D eigenvalue weighted by Gasteiger charge is 2.02. The number of hydrogen-bond donors (Lipinski definition) is 0. The fraction of sp³-hybridized carbons (Fsp3) is 0.185. The van der Waals surface area contributed by atoms with Crippen molar-refractivity contribution in [3.8, 4) is 23.7 Å². The maximum absolute atomic E-state index is 14.1. The van der Waals surface area contributed by atoms with Gasteiger partial charge < -0.3 is 0 Å². The second kappa shape index (κ2) is 9.72. The maximum atomic E-state index is 14.1. The zero-order chi connectivity index (χ0) is 20.6. The van der Waals surface area contributed by atoms with Crippen molar-refractivity contribution in [2.45, 2.75) is 33.1 Å². The molecule has 0 nitrogen and oxygen atoms in total. The first-order valence-corrected chi connectivity index (χ1v) is 9.74. The summed E-state index contributed by atoms with van der Waals surface area (Å²) in [6, 6.07) is 17.6. The SMILES string of the molecule is CCCCc1ccc(C#Cc2ccc(C#Cc3ccc(C)c(F)c3)cc2)cc1F. The number of hydrogen-bond acceptors (Lipinski definition) is 0. The fourth-order valence-electron chi connectivity index (χ4n) is 2.79. The quantitative estimate of drug-likeness (QED) is 0.457. The Morgan fingerprint density at radius 3 is 1.66 bits per heavy atom. The van der Waals surface area contributed by atoms with E-state index < -0.39 is 0 Å². The van der Waals surface area contributed by atoms with Gasteiger partial charge in [-0.1, -0.05) is 49.2 Å². The Morgan fingerprint density at radius 2 is 1.14 bits per heavy atom. The van der Waals surface area contributed by atoms with Crippen LogP contribution < -0.4 is 0 Å². The van der Waals surface area contributed by atoms with E-state index in [9.17, 15) is 8.78 Å². The summed E-state index contributed by atoms with van der Waals surface area (Å²) in [5, 5.41) is 0. The van der Waals surface area contributed by atoms with Crippen LogP contribution in [0.5, 0.6) is 0 Å². The summed E-state index contributed by atoms with van der Waals surface area (Å²) in [6.07, 6.45) is 2.78. The molecule has 3 rings (SSSR count). The van der Waals surface area contributed by atoms with Crippen molar-refractivity contribution in [2.75, 3.05) is 0 Å². The fourth-order valence-corrected chi connectivity index (χ4v) is 2.79. The number of rotatable bonds is 3. The van der Waals surface area contributed by atoms with E-state index in [1.54, 1.807) is 19.1 Å². The lowest BCUT2D eigenvalue weighted by Gasteiger charge is -2.02. The largest absolute Gasteiger partial charge is 0.207 e. The Labute approximate surface area is 171 Å². The van der Waals surface area contributed by atoms with E-state index in [2.05, 4.69) is 30.6 Å². The standard InChI is InChI=1S/C27H22F2/c1-3-4-5-25-17-16-24(19-27(25)29)15-13-22-10-8-21(9-11-22)12-14-23-7-6-20(2)26(28)18-23/h6-11,16-19H,3-5H2,1-2H3. The van der Waals surface area contributed by atoms with Gasteiger partial charge in [-0.2, -0.15) is 0 Å². The van der Waals surface area contributed by atoms with Gasteiger partial charge in [0, 0.05) is 22.3 Å². The van der Waals surface area contributed by atoms with Crippen molar-refractivity contribution in [1.29, 1.82) is 0 Å². The Hall–Kier alpha value is -3.36. The molecule has 0 atom stereocenters. The average Bonchev–Trinajstić information content (AvgIpc) is 2.73. The van der Waals surface area contributed by atoms with Gasteiger partial charge in [0.2, 0.25) is 0 Å². The molecular weight excluding hydrogens is 362 g/mol. The van der Waals surface area contributed by atoms with Gasteiger partial charge in [0.1, 0.15) is 11.6 Å². The minimum atomic E-state index is -0.253. The van der Waals surface area contributed by atoms with Crippen molar-refractivity contribution in [2.24, 2.45) is 0 Å². The van der Waals surface area contributed by atoms with Gasteiger partial charge in [-0.3, -0.25) is 0 Å². The van der Waals surface area contributed by atoms with E-state index in [1.807, 2.05) is 36.4 Å². The number of halogens is 2. The normalized spacial score (nSPS) is 9.93. The van der Waals surface area contributed by atoms with Gasteiger partial charge in [0.25, 0.3) is 0 Å². The van der Waals surface area contributed by atoms with Crippen LogP contribution in [-0.4, -0.2) is 0 Å². The number of aryl methyl sites for hydroxylation is 2. The van der Waals surface area contributed by atoms with Gasteiger partial charge in [-0.15, -0.1) is 0 Å². The molecule has 0 aliphatic carbocycles. The maximum Gasteiger partial charge on any atom is 0.127 e. The molecule has 0 saturated carbocycles. The van der Waals surface area contributed by atoms with Crippen molar-refractivity contribution < 1.29 is 8.78 Å². The van der Waals surface area contributed by atoms with Gasteiger partial charge in [0.05, 0.1) is 0 Å². The molecule has 0 radical (unpaired) electrons. The van der Waals surface area contributed by atoms with Crippen molar-refractivity contribution in [3.63, 3.8) is 0 Å². The van der Waals surface area contributed by atoms with Crippen molar-refractivity contribution in [1.82, 2.24) is 0 Å². The summed E-state index contributed by atoms with van der Waals surface area (Å²) in [6.45, 7) is 3.82. The van der Waals surface area contributed by atoms with Crippen LogP contribution in [0, 0.1) is 42.2 Å². The average molecular weight is 384 g/mol. The summed E-state index contributed by atoms with van der Waals surface area (Å²) in [4.78, 5) is 0. The van der Waals surface area contributed by atoms with Crippen LogP contribution in [0.25, 0.3) is 0 Å². The van der Waals surface area contributed by atoms with Gasteiger partial charge in [-0.25, -0.2) is 8.78 Å². The molecule has 0 aromatic heterocycles. The van der Waals surface area contributed by atoms with E-state index in [1.165, 1.54) is 12.1 Å². The molecule has 0 fully saturated rings. The lowest BCUT2D eigenvalue weighted by molar-refractivity contribution is 0.603. The van der Waals surface area contributed by atoms with E-state index >= 15 is 0 Å². The highest BCUT2D eigenvalue weighted by atomic mass is 19.1. The lowest BCUT2D eigenvalue weighted by Crippen LogP contribution is -1.91. The Kier molecular flexibility index (Phi) is 6.83. The van der Waals surface area contributed by atoms with Crippen LogP contribution >= 0.6 is 0 Å². The third-order valence-corrected chi connectivity index (χ3v) is 4.61. The molecule has 0 aliphatic rings. The lowest BCUT2D eigenvalue weighted by atomic mass is 10.1. The summed E-state index contributed by atoms with van der Waals surface area (Å²) in [5.41, 5.74) is 4.30. The van der Waals surface area contributed by atoms with Crippen LogP contribution in [0.2, 0.25) is 0 Å². The first-order chi connectivity index (χ1) is 14.0. The molecular formula is C27H22F2. The third kappa shape index (κ3) is 5.81. The van der Waals surface area contributed by atoms with Gasteiger partial charge in [-0.05, 0) is 79.4 Å². The predicted octanol–water partition coefficient (Wildman–Crippen LogP) is 6.42. The first kappa shape index (κ1) is 20.4. The van der Waals surface area contributed by atoms with E-state index in [0.29, 0.717) is 16.7 Å². The summed E-state index contributed by atoms with van der Waals surface area (Å²) < 4.78 is 27.7. The minimum Gasteiger partial charge on any atom is -0.207 e. The molecule has 3 aromatic rings. The highest BCUT2D eigenvalue weighted by molar-refractivity contribution is 5.48. The predicted molar refractivity (Wildman–Crippen MR) is 115 cm³/mol. The molecule has 0 heterocycles. The van der Waals surface area contributed by atoms with Crippen LogP contribution in [0.15, 0.2) is 60.7 Å². The highest BCUT2D eigenvalue weighted by Crippen LogP contribution is 2.13. The number of benzene rings is 3. The molecule has 2 heteroatoms. The van der Waals surface area contributed by atoms with Crippen LogP contribution in [0.1, 0.15) is 53.1 Å². The topological polar surface area (TPSA) is 0 Å². The molecule has 0 spiro atoms. The van der Waals surface area contributed by atoms with Crippen LogP contribution in [-0.2, 0) is 6.42 Å².